The van der Waals surface area contributed by atoms with Crippen LogP contribution in [0.5, 0.6) is 0 Å². The predicted molar refractivity (Wildman–Crippen MR) is 333 cm³/mol. The Balaban J connectivity index is 1.20. The molecule has 3 heterocycles. The maximum absolute atomic E-state index is 7.87. The van der Waals surface area contributed by atoms with Crippen molar-refractivity contribution in [1.29, 1.82) is 0 Å². The molecule has 1 unspecified atom stereocenters. The first-order chi connectivity index (χ1) is 36.7. The number of rotatable bonds is 5. The summed E-state index contributed by atoms with van der Waals surface area (Å²) in [4.78, 5) is 7.90. The van der Waals surface area contributed by atoms with Crippen LogP contribution in [-0.2, 0) is 27.1 Å². The molecule has 0 saturated heterocycles. The average Bonchev–Trinajstić information content (AvgIpc) is 2.69. The van der Waals surface area contributed by atoms with Gasteiger partial charge in [-0.15, -0.1) is 0 Å². The Morgan fingerprint density at radius 2 is 1.09 bits per heavy atom. The summed E-state index contributed by atoms with van der Waals surface area (Å²) in [5, 5.41) is 1.21. The topological polar surface area (TPSA) is 22.9 Å². The Bertz CT molecular complexity index is 3640. The molecule has 1 aromatic heterocycles. The van der Waals surface area contributed by atoms with Gasteiger partial charge in [0.25, 0.3) is 6.71 Å². The SMILES string of the molecule is Cc1cc(C(C)(C)C)ccc1N1c2cc(N(c3ccccc3)c3ccccc3)cc3c2B(C2=C(C=C4C(C2)C(C)(C)CCC4(C)C)N3c2ccc3c(c2)C(C)(C)CCC3(C)C)c2oc3cc4c(cc3c21)C(C)(C)CCC4(C)C. The zero-order valence-corrected chi connectivity index (χ0v) is 50.0. The Morgan fingerprint density at radius 3 is 1.68 bits per heavy atom. The number of allylic oxidation sites excluding steroid dienone is 3. The molecule has 4 nitrogen and oxygen atoms in total. The zero-order chi connectivity index (χ0) is 55.0. The first-order valence-electron chi connectivity index (χ1n) is 29.7. The van der Waals surface area contributed by atoms with E-state index in [1.807, 2.05) is 0 Å². The fourth-order valence-corrected chi connectivity index (χ4v) is 15.5. The first kappa shape index (κ1) is 51.3. The number of aryl methyl sites for hydroxylation is 1. The highest BCUT2D eigenvalue weighted by Gasteiger charge is 2.54. The monoisotopic (exact) mass is 1030 g/mol. The van der Waals surface area contributed by atoms with Crippen LogP contribution in [0.25, 0.3) is 11.0 Å². The number of para-hydroxylation sites is 2. The van der Waals surface area contributed by atoms with Crippen LogP contribution in [0, 0.1) is 23.7 Å². The normalized spacial score (nSPS) is 21.7. The summed E-state index contributed by atoms with van der Waals surface area (Å²) in [6.07, 6.45) is 10.7. The Labute approximate surface area is 468 Å². The van der Waals surface area contributed by atoms with Gasteiger partial charge in [0, 0.05) is 45.2 Å². The highest BCUT2D eigenvalue weighted by Crippen LogP contribution is 2.61. The minimum absolute atomic E-state index is 0.0109. The summed E-state index contributed by atoms with van der Waals surface area (Å²) in [5.74, 6) is 0.396. The molecule has 78 heavy (non-hydrogen) atoms. The van der Waals surface area contributed by atoms with Crippen molar-refractivity contribution in [2.24, 2.45) is 16.7 Å². The van der Waals surface area contributed by atoms with Gasteiger partial charge in [0.2, 0.25) is 0 Å². The molecule has 0 amide bonds. The fourth-order valence-electron chi connectivity index (χ4n) is 15.5. The van der Waals surface area contributed by atoms with Crippen LogP contribution in [0.4, 0.5) is 45.5 Å². The third-order valence-electron chi connectivity index (χ3n) is 20.9. The second-order valence-corrected chi connectivity index (χ2v) is 29.9. The van der Waals surface area contributed by atoms with Gasteiger partial charge in [0.1, 0.15) is 5.58 Å². The van der Waals surface area contributed by atoms with E-state index in [0.29, 0.717) is 5.92 Å². The highest BCUT2D eigenvalue weighted by molar-refractivity contribution is 6.94. The molecule has 2 aliphatic heterocycles. The van der Waals surface area contributed by atoms with Crippen molar-refractivity contribution in [2.75, 3.05) is 14.7 Å². The molecule has 400 valence electrons. The maximum Gasteiger partial charge on any atom is 0.293 e. The van der Waals surface area contributed by atoms with Gasteiger partial charge in [-0.3, -0.25) is 0 Å². The van der Waals surface area contributed by atoms with Crippen molar-refractivity contribution in [2.45, 2.75) is 183 Å². The third kappa shape index (κ3) is 7.73. The van der Waals surface area contributed by atoms with Crippen LogP contribution in [0.3, 0.4) is 0 Å². The summed E-state index contributed by atoms with van der Waals surface area (Å²) in [5.41, 5.74) is 26.1. The lowest BCUT2D eigenvalue weighted by Gasteiger charge is -2.53. The standard InChI is InChI=1S/C73H84BN3O/c1-45-37-46(67(2,3)4)27-30-59(45)77-62-40-50(75(47-23-19-17-20-24-47)48-25-21-18-22-26-48)39-61-64(62)74(66-65(77)51-41-54-57(44-63(51)78-66)73(15,16)36-33-70(54,9)10)58-42-55-56(72(13,14)35-34-71(55,11)12)43-60(58)76(61)49-28-29-52-53(38-49)69(7,8)32-31-68(52,5)6/h17-30,37-41,43-44,55H,31-36,42H2,1-16H3. The number of nitrogens with zero attached hydrogens (tertiary/aromatic N) is 3. The Morgan fingerprint density at radius 1 is 0.538 bits per heavy atom. The van der Waals surface area contributed by atoms with Crippen molar-refractivity contribution in [3.63, 3.8) is 0 Å². The molecule has 0 N–H and O–H groups in total. The number of anilines is 8. The number of fused-ring (bicyclic) bond motifs is 8. The van der Waals surface area contributed by atoms with Gasteiger partial charge in [-0.2, -0.15) is 0 Å². The van der Waals surface area contributed by atoms with E-state index < -0.39 is 0 Å². The lowest BCUT2D eigenvalue weighted by atomic mass is 9.32. The minimum atomic E-state index is -0.116. The third-order valence-corrected chi connectivity index (χ3v) is 20.9. The van der Waals surface area contributed by atoms with Crippen LogP contribution in [0.2, 0.25) is 0 Å². The molecule has 0 spiro atoms. The van der Waals surface area contributed by atoms with Crippen molar-refractivity contribution >= 4 is 74.3 Å². The van der Waals surface area contributed by atoms with Gasteiger partial charge < -0.3 is 19.1 Å². The summed E-state index contributed by atoms with van der Waals surface area (Å²) >= 11 is 0. The smallest absolute Gasteiger partial charge is 0.293 e. The number of benzene rings is 6. The number of hydrogen-bond acceptors (Lipinski definition) is 4. The molecule has 13 rings (SSSR count). The maximum atomic E-state index is 7.87. The highest BCUT2D eigenvalue weighted by atomic mass is 16.3. The summed E-state index contributed by atoms with van der Waals surface area (Å²) < 4.78 is 7.87. The van der Waals surface area contributed by atoms with Crippen molar-refractivity contribution in [3.8, 4) is 0 Å². The molecule has 7 aromatic rings. The van der Waals surface area contributed by atoms with E-state index in [0.717, 1.165) is 54.0 Å². The van der Waals surface area contributed by atoms with Crippen molar-refractivity contribution in [3.05, 3.63) is 178 Å². The van der Waals surface area contributed by atoms with Crippen LogP contribution in [0.15, 0.2) is 149 Å². The second kappa shape index (κ2) is 16.9. The number of hydrogen-bond donors (Lipinski definition) is 0. The zero-order valence-electron chi connectivity index (χ0n) is 50.0. The van der Waals surface area contributed by atoms with Gasteiger partial charge in [0.15, 0.2) is 0 Å². The molecule has 4 aliphatic carbocycles. The van der Waals surface area contributed by atoms with Gasteiger partial charge in [-0.25, -0.2) is 0 Å². The molecule has 0 radical (unpaired) electrons. The van der Waals surface area contributed by atoms with Crippen LogP contribution < -0.4 is 25.8 Å². The lowest BCUT2D eigenvalue weighted by Crippen LogP contribution is -2.57. The van der Waals surface area contributed by atoms with Crippen LogP contribution in [0.1, 0.15) is 182 Å². The van der Waals surface area contributed by atoms with E-state index in [2.05, 4.69) is 253 Å². The van der Waals surface area contributed by atoms with Gasteiger partial charge in [-0.1, -0.05) is 169 Å². The lowest BCUT2D eigenvalue weighted by molar-refractivity contribution is 0.122. The van der Waals surface area contributed by atoms with Crippen molar-refractivity contribution < 1.29 is 4.42 Å². The predicted octanol–water partition coefficient (Wildman–Crippen LogP) is 19.3. The summed E-state index contributed by atoms with van der Waals surface area (Å²) in [6, 6.07) is 47.1. The molecule has 6 aromatic carbocycles. The Kier molecular flexibility index (Phi) is 11.1. The molecule has 1 saturated carbocycles. The van der Waals surface area contributed by atoms with E-state index in [4.69, 9.17) is 4.42 Å². The van der Waals surface area contributed by atoms with E-state index in [-0.39, 0.29) is 44.6 Å². The fraction of sp³-hybridized carbons (Fsp3) is 0.425. The average molecular weight is 1030 g/mol. The first-order valence-corrected chi connectivity index (χ1v) is 29.7. The van der Waals surface area contributed by atoms with E-state index >= 15 is 0 Å². The van der Waals surface area contributed by atoms with Gasteiger partial charge >= 0.3 is 0 Å². The molecular weight excluding hydrogens is 946 g/mol. The van der Waals surface area contributed by atoms with E-state index in [1.165, 1.54) is 103 Å². The van der Waals surface area contributed by atoms with Gasteiger partial charge in [0.05, 0.1) is 17.0 Å². The minimum Gasteiger partial charge on any atom is -0.468 e. The van der Waals surface area contributed by atoms with Gasteiger partial charge in [-0.05, 0) is 207 Å². The summed E-state index contributed by atoms with van der Waals surface area (Å²) in [7, 11) is 0. The molecule has 5 heteroatoms. The molecule has 0 bridgehead atoms. The van der Waals surface area contributed by atoms with E-state index in [9.17, 15) is 0 Å². The van der Waals surface area contributed by atoms with Crippen LogP contribution in [-0.4, -0.2) is 6.71 Å². The second-order valence-electron chi connectivity index (χ2n) is 29.9. The Hall–Kier alpha value is -6.20. The quantitative estimate of drug-likeness (QED) is 0.160. The molecule has 1 atom stereocenters. The largest absolute Gasteiger partial charge is 0.468 e. The molecule has 1 fully saturated rings. The van der Waals surface area contributed by atoms with Crippen LogP contribution >= 0.6 is 0 Å². The van der Waals surface area contributed by atoms with Crippen molar-refractivity contribution in [1.82, 2.24) is 0 Å². The molecule has 6 aliphatic rings. The number of furan rings is 1. The van der Waals surface area contributed by atoms with E-state index in [1.54, 1.807) is 5.57 Å². The summed E-state index contributed by atoms with van der Waals surface area (Å²) in [6.45, 7) is 39.1. The molecular formula is C73H84BN3O.